The SMILES string of the molecule is COc1ccc(CN2C(=O)N(Cc3ccc(OC)cc3)C(CCCF)(C3CC3)c3cc(Cl)ccc32)cc1. The van der Waals surface area contributed by atoms with Crippen molar-refractivity contribution < 1.29 is 18.7 Å². The van der Waals surface area contributed by atoms with E-state index in [2.05, 4.69) is 0 Å². The van der Waals surface area contributed by atoms with Crippen molar-refractivity contribution >= 4 is 23.3 Å². The second kappa shape index (κ2) is 10.6. The summed E-state index contributed by atoms with van der Waals surface area (Å²) in [4.78, 5) is 18.2. The summed E-state index contributed by atoms with van der Waals surface area (Å²) >= 11 is 6.56. The normalized spacial score (nSPS) is 19.1. The molecule has 3 aromatic carbocycles. The van der Waals surface area contributed by atoms with Crippen molar-refractivity contribution in [2.24, 2.45) is 5.92 Å². The van der Waals surface area contributed by atoms with Gasteiger partial charge in [0.1, 0.15) is 11.5 Å². The zero-order valence-corrected chi connectivity index (χ0v) is 22.0. The largest absolute Gasteiger partial charge is 0.497 e. The van der Waals surface area contributed by atoms with Gasteiger partial charge in [0.25, 0.3) is 0 Å². The molecule has 7 heteroatoms. The summed E-state index contributed by atoms with van der Waals surface area (Å²) in [6.07, 6.45) is 2.94. The molecule has 1 aliphatic carbocycles. The Balaban J connectivity index is 1.62. The molecule has 1 aliphatic heterocycles. The fourth-order valence-electron chi connectivity index (χ4n) is 5.66. The monoisotopic (exact) mass is 522 g/mol. The number of amides is 2. The molecule has 2 amide bonds. The second-order valence-electron chi connectivity index (χ2n) is 9.80. The zero-order valence-electron chi connectivity index (χ0n) is 21.3. The molecule has 1 unspecified atom stereocenters. The topological polar surface area (TPSA) is 42.0 Å². The molecule has 0 N–H and O–H groups in total. The van der Waals surface area contributed by atoms with E-state index in [1.807, 2.05) is 76.5 Å². The van der Waals surface area contributed by atoms with E-state index in [4.69, 9.17) is 21.1 Å². The Morgan fingerprint density at radius 3 is 2.05 bits per heavy atom. The predicted octanol–water partition coefficient (Wildman–Crippen LogP) is 7.35. The third-order valence-corrected chi connectivity index (χ3v) is 7.84. The number of benzene rings is 3. The molecule has 3 aromatic rings. The van der Waals surface area contributed by atoms with Crippen molar-refractivity contribution in [1.29, 1.82) is 0 Å². The maximum atomic E-state index is 14.4. The van der Waals surface area contributed by atoms with E-state index in [0.717, 1.165) is 46.7 Å². The summed E-state index contributed by atoms with van der Waals surface area (Å²) in [5.41, 5.74) is 3.23. The highest BCUT2D eigenvalue weighted by Crippen LogP contribution is 2.57. The highest BCUT2D eigenvalue weighted by molar-refractivity contribution is 6.30. The number of hydrogen-bond acceptors (Lipinski definition) is 3. The molecular formula is C30H32ClFN2O3. The highest BCUT2D eigenvalue weighted by atomic mass is 35.5. The Bertz CT molecular complexity index is 1250. The number of rotatable bonds is 10. The summed E-state index contributed by atoms with van der Waals surface area (Å²) in [6, 6.07) is 21.2. The molecule has 5 nitrogen and oxygen atoms in total. The first-order valence-corrected chi connectivity index (χ1v) is 13.1. The second-order valence-corrected chi connectivity index (χ2v) is 10.2. The van der Waals surface area contributed by atoms with Gasteiger partial charge in [-0.2, -0.15) is 0 Å². The highest BCUT2D eigenvalue weighted by Gasteiger charge is 2.56. The maximum absolute atomic E-state index is 14.4. The minimum absolute atomic E-state index is 0.0767. The molecule has 0 bridgehead atoms. The number of anilines is 1. The number of carbonyl (C=O) groups is 1. The van der Waals surface area contributed by atoms with Gasteiger partial charge in [-0.15, -0.1) is 0 Å². The van der Waals surface area contributed by atoms with Crippen LogP contribution in [0.2, 0.25) is 5.02 Å². The molecule has 0 spiro atoms. The van der Waals surface area contributed by atoms with Crippen LogP contribution in [0, 0.1) is 5.92 Å². The van der Waals surface area contributed by atoms with E-state index >= 15 is 0 Å². The van der Waals surface area contributed by atoms with Gasteiger partial charge < -0.3 is 14.4 Å². The average Bonchev–Trinajstić information content (AvgIpc) is 3.78. The van der Waals surface area contributed by atoms with Crippen molar-refractivity contribution in [3.8, 4) is 11.5 Å². The van der Waals surface area contributed by atoms with Crippen molar-refractivity contribution in [2.45, 2.75) is 44.3 Å². The quantitative estimate of drug-likeness (QED) is 0.279. The number of halogens is 2. The summed E-state index contributed by atoms with van der Waals surface area (Å²) < 4.78 is 24.3. The molecule has 1 saturated carbocycles. The smallest absolute Gasteiger partial charge is 0.325 e. The number of fused-ring (bicyclic) bond motifs is 1. The maximum Gasteiger partial charge on any atom is 0.325 e. The third-order valence-electron chi connectivity index (χ3n) is 7.60. The van der Waals surface area contributed by atoms with Crippen LogP contribution in [0.4, 0.5) is 14.9 Å². The lowest BCUT2D eigenvalue weighted by atomic mass is 9.76. The Hall–Kier alpha value is -3.25. The first-order chi connectivity index (χ1) is 18.0. The Morgan fingerprint density at radius 2 is 1.51 bits per heavy atom. The van der Waals surface area contributed by atoms with E-state index in [-0.39, 0.29) is 11.9 Å². The number of alkyl halides is 1. The van der Waals surface area contributed by atoms with Gasteiger partial charge >= 0.3 is 6.03 Å². The van der Waals surface area contributed by atoms with Crippen LogP contribution in [-0.4, -0.2) is 31.8 Å². The molecule has 0 saturated heterocycles. The van der Waals surface area contributed by atoms with Gasteiger partial charge in [0.05, 0.1) is 38.7 Å². The summed E-state index contributed by atoms with van der Waals surface area (Å²) in [5, 5.41) is 0.618. The number of carbonyl (C=O) groups excluding carboxylic acids is 1. The number of nitrogens with zero attached hydrogens (tertiary/aromatic N) is 2. The lowest BCUT2D eigenvalue weighted by Crippen LogP contribution is -2.59. The van der Waals surface area contributed by atoms with Gasteiger partial charge in [0.2, 0.25) is 0 Å². The van der Waals surface area contributed by atoms with Crippen LogP contribution < -0.4 is 14.4 Å². The molecular weight excluding hydrogens is 491 g/mol. The van der Waals surface area contributed by atoms with Gasteiger partial charge in [-0.05, 0) is 85.2 Å². The van der Waals surface area contributed by atoms with Crippen LogP contribution in [0.3, 0.4) is 0 Å². The van der Waals surface area contributed by atoms with E-state index in [1.54, 1.807) is 14.2 Å². The van der Waals surface area contributed by atoms with Crippen molar-refractivity contribution in [3.63, 3.8) is 0 Å². The standard InChI is InChI=1S/C30H32ClFN2O3/c1-36-25-11-4-21(5-12-25)19-33-28-15-10-24(31)18-27(28)30(16-3-17-32,23-8-9-23)34(29(33)35)20-22-6-13-26(37-2)14-7-22/h4-7,10-15,18,23H,3,8-9,16-17,19-20H2,1-2H3. The van der Waals surface area contributed by atoms with Gasteiger partial charge in [0.15, 0.2) is 0 Å². The third kappa shape index (κ3) is 4.87. The molecule has 1 heterocycles. The van der Waals surface area contributed by atoms with Crippen LogP contribution in [0.5, 0.6) is 11.5 Å². The molecule has 2 aliphatic rings. The summed E-state index contributed by atoms with van der Waals surface area (Å²) in [7, 11) is 3.27. The fraction of sp³-hybridized carbons (Fsp3) is 0.367. The number of hydrogen-bond donors (Lipinski definition) is 0. The van der Waals surface area contributed by atoms with Crippen LogP contribution in [-0.2, 0) is 18.6 Å². The fourth-order valence-corrected chi connectivity index (χ4v) is 5.83. The first-order valence-electron chi connectivity index (χ1n) is 12.7. The van der Waals surface area contributed by atoms with Crippen molar-refractivity contribution in [1.82, 2.24) is 4.90 Å². The van der Waals surface area contributed by atoms with Crippen LogP contribution >= 0.6 is 11.6 Å². The molecule has 1 atom stereocenters. The predicted molar refractivity (Wildman–Crippen MR) is 144 cm³/mol. The Labute approximate surface area is 222 Å². The average molecular weight is 523 g/mol. The number of ether oxygens (including phenoxy) is 2. The number of urea groups is 1. The lowest BCUT2D eigenvalue weighted by molar-refractivity contribution is 0.0700. The summed E-state index contributed by atoms with van der Waals surface area (Å²) in [6.45, 7) is 0.390. The molecule has 0 radical (unpaired) electrons. The van der Waals surface area contributed by atoms with Gasteiger partial charge in [-0.1, -0.05) is 35.9 Å². The molecule has 1 fully saturated rings. The van der Waals surface area contributed by atoms with Crippen LogP contribution in [0.1, 0.15) is 42.4 Å². The molecule has 5 rings (SSSR count). The van der Waals surface area contributed by atoms with E-state index in [9.17, 15) is 9.18 Å². The summed E-state index contributed by atoms with van der Waals surface area (Å²) in [5.74, 6) is 1.79. The van der Waals surface area contributed by atoms with Crippen molar-refractivity contribution in [3.05, 3.63) is 88.4 Å². The zero-order chi connectivity index (χ0) is 26.0. The van der Waals surface area contributed by atoms with Crippen LogP contribution in [0.25, 0.3) is 0 Å². The Kier molecular flexibility index (Phi) is 7.29. The Morgan fingerprint density at radius 1 is 0.919 bits per heavy atom. The molecule has 0 aromatic heterocycles. The minimum atomic E-state index is -0.611. The lowest BCUT2D eigenvalue weighted by Gasteiger charge is -2.52. The van der Waals surface area contributed by atoms with Crippen molar-refractivity contribution in [2.75, 3.05) is 25.8 Å². The first kappa shape index (κ1) is 25.4. The van der Waals surface area contributed by atoms with Gasteiger partial charge in [-0.25, -0.2) is 4.79 Å². The molecule has 37 heavy (non-hydrogen) atoms. The minimum Gasteiger partial charge on any atom is -0.497 e. The molecule has 194 valence electrons. The van der Waals surface area contributed by atoms with Gasteiger partial charge in [-0.3, -0.25) is 9.29 Å². The van der Waals surface area contributed by atoms with E-state index < -0.39 is 12.2 Å². The van der Waals surface area contributed by atoms with Crippen LogP contribution in [0.15, 0.2) is 66.7 Å². The van der Waals surface area contributed by atoms with Gasteiger partial charge in [0, 0.05) is 17.1 Å². The number of methoxy groups -OCH3 is 2. The van der Waals surface area contributed by atoms with E-state index in [0.29, 0.717) is 31.0 Å². The van der Waals surface area contributed by atoms with E-state index in [1.165, 1.54) is 0 Å².